The van der Waals surface area contributed by atoms with E-state index in [9.17, 15) is 26.3 Å². The summed E-state index contributed by atoms with van der Waals surface area (Å²) >= 11 is 6.34. The molecule has 4 rings (SSSR count). The summed E-state index contributed by atoms with van der Waals surface area (Å²) in [5.41, 5.74) is -0.805. The predicted octanol–water partition coefficient (Wildman–Crippen LogP) is 8.29. The Bertz CT molecular complexity index is 1380. The summed E-state index contributed by atoms with van der Waals surface area (Å²) in [6, 6.07) is 7.52. The number of alkyl halides is 6. The third kappa shape index (κ3) is 9.52. The number of halogens is 8. The zero-order valence-corrected chi connectivity index (χ0v) is 25.6. The van der Waals surface area contributed by atoms with Crippen LogP contribution in [0.2, 0.25) is 25.7 Å². The molecule has 0 fully saturated rings. The minimum absolute atomic E-state index is 0.0267. The van der Waals surface area contributed by atoms with Gasteiger partial charge in [-0.2, -0.15) is 26.3 Å². The average Bonchev–Trinajstić information content (AvgIpc) is 3.51. The summed E-state index contributed by atoms with van der Waals surface area (Å²) in [5, 5.41) is 0. The molecule has 0 atom stereocenters. The first-order valence-corrected chi connectivity index (χ1v) is 16.9. The molecule has 0 bridgehead atoms. The highest BCUT2D eigenvalue weighted by Crippen LogP contribution is 2.31. The van der Waals surface area contributed by atoms with Crippen molar-refractivity contribution >= 4 is 39.9 Å². The first-order chi connectivity index (χ1) is 18.5. The Labute approximate surface area is 243 Å². The van der Waals surface area contributed by atoms with E-state index in [0.717, 1.165) is 18.4 Å². The molecule has 16 heteroatoms. The monoisotopic (exact) mass is 712 g/mol. The third-order valence-electron chi connectivity index (χ3n) is 5.16. The van der Waals surface area contributed by atoms with Gasteiger partial charge in [-0.1, -0.05) is 19.6 Å². The lowest BCUT2D eigenvalue weighted by molar-refractivity contribution is -0.141. The number of H-pyrrole nitrogens is 1. The van der Waals surface area contributed by atoms with Gasteiger partial charge in [-0.25, -0.2) is 19.9 Å². The number of aromatic nitrogens is 6. The van der Waals surface area contributed by atoms with Crippen LogP contribution in [0.25, 0.3) is 22.8 Å². The second kappa shape index (κ2) is 13.0. The van der Waals surface area contributed by atoms with Crippen LogP contribution >= 0.6 is 31.9 Å². The predicted molar refractivity (Wildman–Crippen MR) is 147 cm³/mol. The van der Waals surface area contributed by atoms with E-state index >= 15 is 0 Å². The van der Waals surface area contributed by atoms with Gasteiger partial charge in [-0.3, -0.25) is 0 Å². The van der Waals surface area contributed by atoms with E-state index in [1.807, 2.05) is 0 Å². The second-order valence-electron chi connectivity index (χ2n) is 9.65. The molecule has 4 aromatic rings. The highest BCUT2D eigenvalue weighted by Gasteiger charge is 2.35. The van der Waals surface area contributed by atoms with E-state index < -0.39 is 31.8 Å². The number of ether oxygens (including phenoxy) is 1. The quantitative estimate of drug-likeness (QED) is 0.0903. The van der Waals surface area contributed by atoms with Crippen molar-refractivity contribution in [2.45, 2.75) is 44.8 Å². The molecule has 0 spiro atoms. The fourth-order valence-electron chi connectivity index (χ4n) is 3.06. The van der Waals surface area contributed by atoms with Gasteiger partial charge in [0.1, 0.15) is 33.3 Å². The summed E-state index contributed by atoms with van der Waals surface area (Å²) in [7, 11) is -1.25. The van der Waals surface area contributed by atoms with Crippen LogP contribution < -0.4 is 0 Å². The maximum absolute atomic E-state index is 13.0. The number of imidazole rings is 2. The van der Waals surface area contributed by atoms with Gasteiger partial charge < -0.3 is 14.3 Å². The van der Waals surface area contributed by atoms with Crippen molar-refractivity contribution in [3.63, 3.8) is 0 Å². The molecule has 1 N–H and O–H groups in total. The van der Waals surface area contributed by atoms with Gasteiger partial charge in [0.15, 0.2) is 5.69 Å². The summed E-state index contributed by atoms with van der Waals surface area (Å²) in [6.45, 7) is 7.20. The Morgan fingerprint density at radius 1 is 0.850 bits per heavy atom. The van der Waals surface area contributed by atoms with Crippen LogP contribution in [0.3, 0.4) is 0 Å². The van der Waals surface area contributed by atoms with E-state index in [1.54, 1.807) is 24.3 Å². The number of pyridine rings is 2. The maximum Gasteiger partial charge on any atom is 0.434 e. The molecule has 216 valence electrons. The molecule has 0 unspecified atom stereocenters. The van der Waals surface area contributed by atoms with Crippen molar-refractivity contribution in [3.8, 4) is 22.8 Å². The Morgan fingerprint density at radius 3 is 1.93 bits per heavy atom. The Morgan fingerprint density at radius 2 is 1.45 bits per heavy atom. The van der Waals surface area contributed by atoms with Gasteiger partial charge in [0.05, 0.1) is 6.20 Å². The molecule has 4 heterocycles. The van der Waals surface area contributed by atoms with Crippen LogP contribution in [0, 0.1) is 0 Å². The van der Waals surface area contributed by atoms with Crippen molar-refractivity contribution in [2.24, 2.45) is 0 Å². The normalized spacial score (nSPS) is 12.3. The molecule has 0 saturated carbocycles. The molecule has 0 aliphatic carbocycles. The molecular formula is C24H24Br2F6N6OSi. The number of nitrogens with zero attached hydrogens (tertiary/aromatic N) is 5. The van der Waals surface area contributed by atoms with Crippen molar-refractivity contribution in [3.05, 3.63) is 69.6 Å². The minimum Gasteiger partial charge on any atom is -0.361 e. The molecule has 7 nitrogen and oxygen atoms in total. The maximum atomic E-state index is 13.0. The zero-order valence-electron chi connectivity index (χ0n) is 21.4. The summed E-state index contributed by atoms with van der Waals surface area (Å²) in [4.78, 5) is 17.5. The Kier molecular flexibility index (Phi) is 10.3. The summed E-state index contributed by atoms with van der Waals surface area (Å²) < 4.78 is 83.9. The minimum atomic E-state index is -4.50. The molecule has 0 saturated heterocycles. The third-order valence-corrected chi connectivity index (χ3v) is 7.80. The standard InChI is InChI=1S/C15H19BrF3N3OSi.C9H5BrF3N3/c1-24(2,3)7-6-23-10-22-9-12(15(17,18)19)21-14(22)11-4-5-13(16)20-8-11;10-7-2-1-5(3-14-7)8-15-4-6(16-8)9(11,12)13/h4-5,8-9H,6-7,10H2,1-3H3;1-4H,(H,15,16). The molecule has 0 amide bonds. The second-order valence-corrected chi connectivity index (χ2v) is 16.9. The van der Waals surface area contributed by atoms with Crippen LogP contribution in [0.15, 0.2) is 58.3 Å². The highest BCUT2D eigenvalue weighted by atomic mass is 79.9. The smallest absolute Gasteiger partial charge is 0.361 e. The van der Waals surface area contributed by atoms with Crippen LogP contribution in [0.5, 0.6) is 0 Å². The van der Waals surface area contributed by atoms with Crippen molar-refractivity contribution in [2.75, 3.05) is 6.61 Å². The van der Waals surface area contributed by atoms with Crippen LogP contribution in [0.1, 0.15) is 11.4 Å². The molecule has 0 aromatic carbocycles. The van der Waals surface area contributed by atoms with Gasteiger partial charge in [0.2, 0.25) is 0 Å². The molecular weight excluding hydrogens is 690 g/mol. The van der Waals surface area contributed by atoms with Crippen LogP contribution in [-0.2, 0) is 23.8 Å². The summed E-state index contributed by atoms with van der Waals surface area (Å²) in [6.07, 6.45) is -4.26. The number of nitrogens with one attached hydrogen (secondary N) is 1. The van der Waals surface area contributed by atoms with Crippen molar-refractivity contribution in [1.82, 2.24) is 29.5 Å². The number of hydrogen-bond donors (Lipinski definition) is 1. The van der Waals surface area contributed by atoms with E-state index in [0.29, 0.717) is 26.9 Å². The lowest BCUT2D eigenvalue weighted by Crippen LogP contribution is -2.22. The SMILES string of the molecule is C[Si](C)(C)CCOCn1cc(C(F)(F)F)nc1-c1ccc(Br)nc1.FC(F)(F)c1cnc(-c2ccc(Br)nc2)[nH]1. The Balaban J connectivity index is 0.000000238. The molecule has 0 radical (unpaired) electrons. The number of rotatable bonds is 7. The number of hydrogen-bond acceptors (Lipinski definition) is 5. The average molecular weight is 714 g/mol. The van der Waals surface area contributed by atoms with Gasteiger partial charge in [-0.05, 0) is 62.2 Å². The van der Waals surface area contributed by atoms with Gasteiger partial charge in [0.25, 0.3) is 0 Å². The lowest BCUT2D eigenvalue weighted by atomic mass is 10.3. The fraction of sp³-hybridized carbons (Fsp3) is 0.333. The molecule has 40 heavy (non-hydrogen) atoms. The van der Waals surface area contributed by atoms with E-state index in [4.69, 9.17) is 4.74 Å². The van der Waals surface area contributed by atoms with Crippen LogP contribution in [-0.4, -0.2) is 44.2 Å². The fourth-order valence-corrected chi connectivity index (χ4v) is 4.28. The van der Waals surface area contributed by atoms with Gasteiger partial charge in [-0.15, -0.1) is 0 Å². The zero-order chi connectivity index (χ0) is 29.7. The largest absolute Gasteiger partial charge is 0.434 e. The first kappa shape index (κ1) is 32.0. The van der Waals surface area contributed by atoms with Crippen LogP contribution in [0.4, 0.5) is 26.3 Å². The molecule has 0 aliphatic rings. The molecule has 0 aliphatic heterocycles. The Hall–Kier alpha value is -2.56. The lowest BCUT2D eigenvalue weighted by Gasteiger charge is -2.16. The summed E-state index contributed by atoms with van der Waals surface area (Å²) in [5.74, 6) is 0.336. The van der Waals surface area contributed by atoms with E-state index in [2.05, 4.69) is 76.4 Å². The highest BCUT2D eigenvalue weighted by molar-refractivity contribution is 9.10. The van der Waals surface area contributed by atoms with Crippen molar-refractivity contribution < 1.29 is 31.1 Å². The first-order valence-electron chi connectivity index (χ1n) is 11.6. The topological polar surface area (TPSA) is 81.5 Å². The number of aromatic amines is 1. The van der Waals surface area contributed by atoms with Gasteiger partial charge >= 0.3 is 12.4 Å². The van der Waals surface area contributed by atoms with E-state index in [1.165, 1.54) is 17.0 Å². The van der Waals surface area contributed by atoms with E-state index in [-0.39, 0.29) is 18.4 Å². The molecule has 4 aromatic heterocycles. The van der Waals surface area contributed by atoms with Gasteiger partial charge in [0, 0.05) is 44.4 Å². The van der Waals surface area contributed by atoms with Crippen molar-refractivity contribution in [1.29, 1.82) is 0 Å².